The summed E-state index contributed by atoms with van der Waals surface area (Å²) in [7, 11) is 0. The fourth-order valence-electron chi connectivity index (χ4n) is 2.91. The molecular weight excluding hydrogens is 370 g/mol. The Hall–Kier alpha value is -2.67. The van der Waals surface area contributed by atoms with Crippen molar-refractivity contribution in [3.05, 3.63) is 53.9 Å². The molecule has 0 aliphatic carbocycles. The Morgan fingerprint density at radius 3 is 2.57 bits per heavy atom. The van der Waals surface area contributed by atoms with Crippen LogP contribution in [0.3, 0.4) is 0 Å². The first-order chi connectivity index (χ1) is 13.4. The molecular formula is C21H25N5OS. The number of anilines is 1. The van der Waals surface area contributed by atoms with Crippen LogP contribution in [-0.4, -0.2) is 31.4 Å². The largest absolute Gasteiger partial charge is 0.325 e. The molecule has 3 aromatic rings. The van der Waals surface area contributed by atoms with Gasteiger partial charge in [-0.05, 0) is 43.5 Å². The van der Waals surface area contributed by atoms with Crippen LogP contribution in [0, 0.1) is 19.8 Å². The van der Waals surface area contributed by atoms with Gasteiger partial charge < -0.3 is 9.88 Å². The van der Waals surface area contributed by atoms with E-state index < -0.39 is 0 Å². The summed E-state index contributed by atoms with van der Waals surface area (Å²) in [5.74, 6) is 1.45. The number of pyridine rings is 1. The van der Waals surface area contributed by atoms with Gasteiger partial charge in [-0.25, -0.2) is 0 Å². The van der Waals surface area contributed by atoms with Crippen molar-refractivity contribution < 1.29 is 4.79 Å². The zero-order valence-corrected chi connectivity index (χ0v) is 17.5. The molecule has 1 amide bonds. The third-order valence-corrected chi connectivity index (χ3v) is 5.16. The summed E-state index contributed by atoms with van der Waals surface area (Å²) in [6.45, 7) is 9.12. The van der Waals surface area contributed by atoms with Gasteiger partial charge in [-0.3, -0.25) is 9.78 Å². The molecule has 7 heteroatoms. The fourth-order valence-corrected chi connectivity index (χ4v) is 3.66. The quantitative estimate of drug-likeness (QED) is 0.602. The average molecular weight is 396 g/mol. The van der Waals surface area contributed by atoms with E-state index in [1.807, 2.05) is 38.1 Å². The van der Waals surface area contributed by atoms with E-state index in [0.29, 0.717) is 5.92 Å². The lowest BCUT2D eigenvalue weighted by molar-refractivity contribution is -0.113. The van der Waals surface area contributed by atoms with Crippen molar-refractivity contribution in [2.75, 3.05) is 11.1 Å². The summed E-state index contributed by atoms with van der Waals surface area (Å²) >= 11 is 1.40. The van der Waals surface area contributed by atoms with Gasteiger partial charge in [0.25, 0.3) is 0 Å². The Kier molecular flexibility index (Phi) is 6.46. The second-order valence-electron chi connectivity index (χ2n) is 7.20. The van der Waals surface area contributed by atoms with E-state index in [1.54, 1.807) is 12.4 Å². The van der Waals surface area contributed by atoms with E-state index in [4.69, 9.17) is 0 Å². The summed E-state index contributed by atoms with van der Waals surface area (Å²) < 4.78 is 2.08. The number of nitrogens with one attached hydrogen (secondary N) is 1. The molecule has 0 aliphatic heterocycles. The number of carbonyl (C=O) groups excluding carboxylic acids is 1. The maximum Gasteiger partial charge on any atom is 0.234 e. The van der Waals surface area contributed by atoms with Gasteiger partial charge in [0, 0.05) is 30.2 Å². The number of thioether (sulfide) groups is 1. The molecule has 0 unspecified atom stereocenters. The van der Waals surface area contributed by atoms with Gasteiger partial charge in [-0.15, -0.1) is 10.2 Å². The lowest BCUT2D eigenvalue weighted by Gasteiger charge is -2.13. The minimum absolute atomic E-state index is 0.0542. The molecule has 28 heavy (non-hydrogen) atoms. The van der Waals surface area contributed by atoms with Crippen molar-refractivity contribution in [1.29, 1.82) is 0 Å². The first-order valence-corrected chi connectivity index (χ1v) is 10.3. The zero-order chi connectivity index (χ0) is 20.1. The van der Waals surface area contributed by atoms with Crippen LogP contribution in [0.2, 0.25) is 0 Å². The number of benzene rings is 1. The van der Waals surface area contributed by atoms with Crippen LogP contribution in [0.1, 0.15) is 25.0 Å². The molecule has 0 fully saturated rings. The molecule has 1 N–H and O–H groups in total. The zero-order valence-electron chi connectivity index (χ0n) is 16.6. The number of nitrogens with zero attached hydrogens (tertiary/aromatic N) is 4. The minimum Gasteiger partial charge on any atom is -0.325 e. The Bertz CT molecular complexity index is 953. The van der Waals surface area contributed by atoms with Gasteiger partial charge >= 0.3 is 0 Å². The van der Waals surface area contributed by atoms with Gasteiger partial charge in [0.2, 0.25) is 5.91 Å². The van der Waals surface area contributed by atoms with Gasteiger partial charge in [-0.1, -0.05) is 43.3 Å². The summed E-state index contributed by atoms with van der Waals surface area (Å²) in [5, 5.41) is 12.4. The summed E-state index contributed by atoms with van der Waals surface area (Å²) in [6, 6.07) is 9.83. The summed E-state index contributed by atoms with van der Waals surface area (Å²) in [5.41, 5.74) is 4.05. The van der Waals surface area contributed by atoms with E-state index in [2.05, 4.69) is 45.0 Å². The number of aryl methyl sites for hydroxylation is 2. The van der Waals surface area contributed by atoms with E-state index in [1.165, 1.54) is 17.3 Å². The third-order valence-electron chi connectivity index (χ3n) is 4.19. The minimum atomic E-state index is -0.0542. The topological polar surface area (TPSA) is 72.7 Å². The van der Waals surface area contributed by atoms with Crippen LogP contribution < -0.4 is 5.32 Å². The van der Waals surface area contributed by atoms with Crippen molar-refractivity contribution in [1.82, 2.24) is 19.7 Å². The first kappa shape index (κ1) is 20.1. The van der Waals surface area contributed by atoms with Crippen LogP contribution in [0.5, 0.6) is 0 Å². The SMILES string of the molecule is Cc1ccc(NC(=O)CSc2nnc(-c3ccncc3)n2CC(C)C)c(C)c1. The van der Waals surface area contributed by atoms with E-state index in [0.717, 1.165) is 34.3 Å². The number of aromatic nitrogens is 4. The second kappa shape index (κ2) is 9.01. The van der Waals surface area contributed by atoms with Crippen LogP contribution in [0.4, 0.5) is 5.69 Å². The molecule has 0 radical (unpaired) electrons. The van der Waals surface area contributed by atoms with Crippen molar-refractivity contribution >= 4 is 23.4 Å². The first-order valence-electron chi connectivity index (χ1n) is 9.27. The molecule has 0 aliphatic rings. The Morgan fingerprint density at radius 1 is 1.14 bits per heavy atom. The molecule has 6 nitrogen and oxygen atoms in total. The van der Waals surface area contributed by atoms with E-state index in [9.17, 15) is 4.79 Å². The van der Waals surface area contributed by atoms with Gasteiger partial charge in [0.1, 0.15) is 0 Å². The fraction of sp³-hybridized carbons (Fsp3) is 0.333. The molecule has 0 atom stereocenters. The molecule has 2 heterocycles. The molecule has 0 spiro atoms. The third kappa shape index (κ3) is 4.98. The number of rotatable bonds is 7. The lowest BCUT2D eigenvalue weighted by Crippen LogP contribution is -2.16. The Balaban J connectivity index is 1.73. The van der Waals surface area contributed by atoms with Gasteiger partial charge in [0.05, 0.1) is 5.75 Å². The highest BCUT2D eigenvalue weighted by molar-refractivity contribution is 7.99. The molecule has 146 valence electrons. The van der Waals surface area contributed by atoms with Crippen LogP contribution in [0.25, 0.3) is 11.4 Å². The predicted octanol–water partition coefficient (Wildman–Crippen LogP) is 4.34. The number of hydrogen-bond acceptors (Lipinski definition) is 5. The predicted molar refractivity (Wildman–Crippen MR) is 113 cm³/mol. The number of carbonyl (C=O) groups is 1. The number of amides is 1. The monoisotopic (exact) mass is 395 g/mol. The highest BCUT2D eigenvalue weighted by Gasteiger charge is 2.17. The molecule has 1 aromatic carbocycles. The molecule has 3 rings (SSSR count). The van der Waals surface area contributed by atoms with Crippen molar-refractivity contribution in [2.45, 2.75) is 39.4 Å². The Labute approximate surface area is 169 Å². The van der Waals surface area contributed by atoms with Crippen LogP contribution >= 0.6 is 11.8 Å². The normalized spacial score (nSPS) is 11.0. The Morgan fingerprint density at radius 2 is 1.89 bits per heavy atom. The summed E-state index contributed by atoms with van der Waals surface area (Å²) in [4.78, 5) is 16.5. The van der Waals surface area contributed by atoms with Crippen molar-refractivity contribution in [3.8, 4) is 11.4 Å². The molecule has 0 saturated carbocycles. The van der Waals surface area contributed by atoms with Crippen molar-refractivity contribution in [3.63, 3.8) is 0 Å². The summed E-state index contributed by atoms with van der Waals surface area (Å²) in [6.07, 6.45) is 3.49. The maximum atomic E-state index is 12.4. The average Bonchev–Trinajstić information content (AvgIpc) is 3.05. The van der Waals surface area contributed by atoms with Crippen molar-refractivity contribution in [2.24, 2.45) is 5.92 Å². The molecule has 0 saturated heterocycles. The standard InChI is InChI=1S/C21H25N5OS/c1-14(2)12-26-20(17-7-9-22-10-8-17)24-25-21(26)28-13-19(27)23-18-6-5-15(3)11-16(18)4/h5-11,14H,12-13H2,1-4H3,(H,23,27). The smallest absolute Gasteiger partial charge is 0.234 e. The maximum absolute atomic E-state index is 12.4. The number of hydrogen-bond donors (Lipinski definition) is 1. The second-order valence-corrected chi connectivity index (χ2v) is 8.14. The molecule has 2 aromatic heterocycles. The lowest BCUT2D eigenvalue weighted by atomic mass is 10.1. The highest BCUT2D eigenvalue weighted by atomic mass is 32.2. The van der Waals surface area contributed by atoms with E-state index in [-0.39, 0.29) is 11.7 Å². The highest BCUT2D eigenvalue weighted by Crippen LogP contribution is 2.25. The molecule has 0 bridgehead atoms. The van der Waals surface area contributed by atoms with Crippen LogP contribution in [-0.2, 0) is 11.3 Å². The van der Waals surface area contributed by atoms with Crippen LogP contribution in [0.15, 0.2) is 47.9 Å². The van der Waals surface area contributed by atoms with Gasteiger partial charge in [0.15, 0.2) is 11.0 Å². The van der Waals surface area contributed by atoms with Gasteiger partial charge in [-0.2, -0.15) is 0 Å². The van der Waals surface area contributed by atoms with E-state index >= 15 is 0 Å².